The van der Waals surface area contributed by atoms with E-state index in [0.717, 1.165) is 0 Å². The summed E-state index contributed by atoms with van der Waals surface area (Å²) in [6.45, 7) is 6.65. The summed E-state index contributed by atoms with van der Waals surface area (Å²) in [5, 5.41) is 0.226. The van der Waals surface area contributed by atoms with E-state index in [1.807, 2.05) is 0 Å². The van der Waals surface area contributed by atoms with E-state index < -0.39 is 8.07 Å². The van der Waals surface area contributed by atoms with Crippen molar-refractivity contribution in [3.05, 3.63) is 0 Å². The molecular weight excluding hydrogens is 159 g/mol. The van der Waals surface area contributed by atoms with Crippen molar-refractivity contribution in [1.29, 1.82) is 0 Å². The molecule has 0 aromatic rings. The van der Waals surface area contributed by atoms with Crippen molar-refractivity contribution in [2.45, 2.75) is 24.6 Å². The van der Waals surface area contributed by atoms with Gasteiger partial charge in [0, 0.05) is 10.9 Å². The lowest BCUT2D eigenvalue weighted by atomic mass is 10.9. The maximum atomic E-state index is 5.87. The molecule has 0 spiro atoms. The minimum absolute atomic E-state index is 0.226. The Balaban J connectivity index is 3.62. The van der Waals surface area contributed by atoms with Gasteiger partial charge in [-0.2, -0.15) is 0 Å². The van der Waals surface area contributed by atoms with Gasteiger partial charge in [-0.1, -0.05) is 19.6 Å². The first kappa shape index (κ1) is 8.80. The third kappa shape index (κ3) is 2.95. The van der Waals surface area contributed by atoms with Crippen molar-refractivity contribution in [2.75, 3.05) is 5.88 Å². The normalized spacial score (nSPS) is 16.1. The quantitative estimate of drug-likeness (QED) is 0.442. The topological polar surface area (TPSA) is 0 Å². The Labute approximate surface area is 62.2 Å². The Morgan fingerprint density at radius 2 is 1.75 bits per heavy atom. The van der Waals surface area contributed by atoms with Crippen LogP contribution in [0, 0.1) is 0 Å². The van der Waals surface area contributed by atoms with E-state index in [1.165, 1.54) is 0 Å². The first-order valence-corrected chi connectivity index (χ1v) is 7.23. The third-order valence-corrected chi connectivity index (χ3v) is 6.00. The Hall–Kier alpha value is 0.797. The fourth-order valence-electron chi connectivity index (χ4n) is 0.231. The zero-order chi connectivity index (χ0) is 6.78. The fourth-order valence-corrected chi connectivity index (χ4v) is 2.08. The van der Waals surface area contributed by atoms with Gasteiger partial charge in [0.1, 0.15) is 0 Å². The highest BCUT2D eigenvalue weighted by Crippen LogP contribution is 2.14. The predicted octanol–water partition coefficient (Wildman–Crippen LogP) is 2.71. The lowest BCUT2D eigenvalue weighted by Gasteiger charge is -2.19. The standard InChI is InChI=1S/C5H12Cl2Si/c1-8(2,3)5(7)4-6/h5H,4H2,1-3H3. The van der Waals surface area contributed by atoms with E-state index >= 15 is 0 Å². The second kappa shape index (κ2) is 3.09. The van der Waals surface area contributed by atoms with Crippen LogP contribution in [0.2, 0.25) is 19.6 Å². The summed E-state index contributed by atoms with van der Waals surface area (Å²) in [5.74, 6) is 0.595. The minimum atomic E-state index is -1.13. The molecule has 0 amide bonds. The Morgan fingerprint density at radius 1 is 1.38 bits per heavy atom. The molecule has 1 atom stereocenters. The predicted molar refractivity (Wildman–Crippen MR) is 43.7 cm³/mol. The van der Waals surface area contributed by atoms with Gasteiger partial charge < -0.3 is 0 Å². The summed E-state index contributed by atoms with van der Waals surface area (Å²) in [6, 6.07) is 0. The lowest BCUT2D eigenvalue weighted by molar-refractivity contribution is 1.29. The maximum absolute atomic E-state index is 5.87. The van der Waals surface area contributed by atoms with Crippen LogP contribution in [0.1, 0.15) is 0 Å². The molecule has 0 saturated carbocycles. The van der Waals surface area contributed by atoms with Crippen LogP contribution in [0.15, 0.2) is 0 Å². The minimum Gasteiger partial charge on any atom is -0.125 e. The van der Waals surface area contributed by atoms with Crippen molar-refractivity contribution in [3.8, 4) is 0 Å². The zero-order valence-corrected chi connectivity index (χ0v) is 8.05. The molecule has 0 saturated heterocycles. The van der Waals surface area contributed by atoms with Crippen molar-refractivity contribution in [2.24, 2.45) is 0 Å². The van der Waals surface area contributed by atoms with E-state index in [1.54, 1.807) is 0 Å². The van der Waals surface area contributed by atoms with Gasteiger partial charge in [0.2, 0.25) is 0 Å². The van der Waals surface area contributed by atoms with Gasteiger partial charge in [-0.05, 0) is 0 Å². The van der Waals surface area contributed by atoms with Gasteiger partial charge in [0.25, 0.3) is 0 Å². The van der Waals surface area contributed by atoms with Crippen LogP contribution in [-0.4, -0.2) is 19.0 Å². The molecule has 3 heteroatoms. The number of hydrogen-bond acceptors (Lipinski definition) is 0. The number of alkyl halides is 2. The van der Waals surface area contributed by atoms with Crippen LogP contribution in [0.4, 0.5) is 0 Å². The van der Waals surface area contributed by atoms with E-state index in [4.69, 9.17) is 23.2 Å². The highest BCUT2D eigenvalue weighted by atomic mass is 35.5. The summed E-state index contributed by atoms with van der Waals surface area (Å²) >= 11 is 11.4. The molecule has 0 rings (SSSR count). The lowest BCUT2D eigenvalue weighted by Crippen LogP contribution is -2.34. The molecule has 0 aliphatic carbocycles. The molecular formula is C5H12Cl2Si. The Kier molecular flexibility index (Phi) is 3.40. The van der Waals surface area contributed by atoms with Gasteiger partial charge in [-0.25, -0.2) is 0 Å². The van der Waals surface area contributed by atoms with Crippen LogP contribution < -0.4 is 0 Å². The largest absolute Gasteiger partial charge is 0.125 e. The summed E-state index contributed by atoms with van der Waals surface area (Å²) in [7, 11) is -1.13. The first-order chi connectivity index (χ1) is 3.48. The molecule has 0 nitrogen and oxygen atoms in total. The van der Waals surface area contributed by atoms with Crippen molar-refractivity contribution >= 4 is 31.3 Å². The molecule has 0 bridgehead atoms. The van der Waals surface area contributed by atoms with Crippen molar-refractivity contribution < 1.29 is 0 Å². The molecule has 0 radical (unpaired) electrons. The van der Waals surface area contributed by atoms with Gasteiger partial charge in [0.05, 0.1) is 8.07 Å². The first-order valence-electron chi connectivity index (χ1n) is 2.68. The molecule has 0 aromatic carbocycles. The van der Waals surface area contributed by atoms with Crippen LogP contribution in [0.25, 0.3) is 0 Å². The smallest absolute Gasteiger partial charge is 0.0664 e. The second-order valence-corrected chi connectivity index (χ2v) is 9.62. The Morgan fingerprint density at radius 3 is 1.75 bits per heavy atom. The highest BCUT2D eigenvalue weighted by Gasteiger charge is 2.22. The van der Waals surface area contributed by atoms with Crippen LogP contribution in [0.3, 0.4) is 0 Å². The molecule has 0 aliphatic heterocycles. The van der Waals surface area contributed by atoms with Gasteiger partial charge in [-0.3, -0.25) is 0 Å². The molecule has 0 aromatic heterocycles. The van der Waals surface area contributed by atoms with E-state index in [9.17, 15) is 0 Å². The van der Waals surface area contributed by atoms with E-state index in [-0.39, 0.29) is 5.00 Å². The zero-order valence-electron chi connectivity index (χ0n) is 5.54. The SMILES string of the molecule is C[Si](C)(C)C(Cl)CCl. The second-order valence-electron chi connectivity index (χ2n) is 2.99. The number of rotatable bonds is 2. The van der Waals surface area contributed by atoms with Crippen molar-refractivity contribution in [1.82, 2.24) is 0 Å². The number of hydrogen-bond donors (Lipinski definition) is 0. The summed E-state index contributed by atoms with van der Waals surface area (Å²) in [6.07, 6.45) is 0. The monoisotopic (exact) mass is 170 g/mol. The molecule has 50 valence electrons. The molecule has 0 heterocycles. The maximum Gasteiger partial charge on any atom is 0.0664 e. The van der Waals surface area contributed by atoms with Crippen LogP contribution >= 0.6 is 23.2 Å². The molecule has 0 fully saturated rings. The van der Waals surface area contributed by atoms with Gasteiger partial charge >= 0.3 is 0 Å². The Bertz CT molecular complexity index is 67.3. The van der Waals surface area contributed by atoms with Crippen molar-refractivity contribution in [3.63, 3.8) is 0 Å². The molecule has 8 heavy (non-hydrogen) atoms. The van der Waals surface area contributed by atoms with E-state index in [0.29, 0.717) is 5.88 Å². The summed E-state index contributed by atoms with van der Waals surface area (Å²) in [5.41, 5.74) is 0. The molecule has 1 unspecified atom stereocenters. The highest BCUT2D eigenvalue weighted by molar-refractivity contribution is 6.84. The fraction of sp³-hybridized carbons (Fsp3) is 1.00. The van der Waals surface area contributed by atoms with Crippen LogP contribution in [-0.2, 0) is 0 Å². The average Bonchev–Trinajstić information content (AvgIpc) is 1.62. The van der Waals surface area contributed by atoms with Gasteiger partial charge in [0.15, 0.2) is 0 Å². The molecule has 0 N–H and O–H groups in total. The number of halogens is 2. The van der Waals surface area contributed by atoms with Crippen LogP contribution in [0.5, 0.6) is 0 Å². The summed E-state index contributed by atoms with van der Waals surface area (Å²) in [4.78, 5) is 0. The summed E-state index contributed by atoms with van der Waals surface area (Å²) < 4.78 is 0. The third-order valence-electron chi connectivity index (χ3n) is 1.08. The average molecular weight is 171 g/mol. The van der Waals surface area contributed by atoms with Gasteiger partial charge in [-0.15, -0.1) is 23.2 Å². The molecule has 0 aliphatic rings. The van der Waals surface area contributed by atoms with E-state index in [2.05, 4.69) is 19.6 Å².